The molecule has 0 saturated carbocycles. The van der Waals surface area contributed by atoms with Crippen LogP contribution in [-0.4, -0.2) is 4.98 Å². The van der Waals surface area contributed by atoms with Crippen molar-refractivity contribution in [3.05, 3.63) is 34.5 Å². The smallest absolute Gasteiger partial charge is 0.0460 e. The lowest BCUT2D eigenvalue weighted by molar-refractivity contribution is 0.412. The molecule has 1 nitrogen and oxygen atoms in total. The summed E-state index contributed by atoms with van der Waals surface area (Å²) in [6, 6.07) is 6.20. The molecule has 1 N–H and O–H groups in total. The molecule has 3 rings (SSSR count). The van der Waals surface area contributed by atoms with Crippen LogP contribution in [0.2, 0.25) is 5.02 Å². The van der Waals surface area contributed by atoms with Crippen molar-refractivity contribution in [1.29, 1.82) is 0 Å². The zero-order valence-electron chi connectivity index (χ0n) is 10.9. The van der Waals surface area contributed by atoms with Gasteiger partial charge in [-0.05, 0) is 48.9 Å². The number of aryl methyl sites for hydroxylation is 1. The van der Waals surface area contributed by atoms with Crippen LogP contribution in [0.1, 0.15) is 43.9 Å². The van der Waals surface area contributed by atoms with Crippen molar-refractivity contribution in [2.45, 2.75) is 45.4 Å². The van der Waals surface area contributed by atoms with Gasteiger partial charge in [-0.15, -0.1) is 0 Å². The van der Waals surface area contributed by atoms with Crippen molar-refractivity contribution in [2.24, 2.45) is 5.92 Å². The van der Waals surface area contributed by atoms with Gasteiger partial charge in [0.1, 0.15) is 0 Å². The lowest BCUT2D eigenvalue weighted by Crippen LogP contribution is -2.13. The number of benzene rings is 1. The van der Waals surface area contributed by atoms with E-state index < -0.39 is 0 Å². The van der Waals surface area contributed by atoms with Crippen LogP contribution in [0.4, 0.5) is 0 Å². The quantitative estimate of drug-likeness (QED) is 0.790. The fourth-order valence-electron chi connectivity index (χ4n) is 3.20. The van der Waals surface area contributed by atoms with Gasteiger partial charge in [0.25, 0.3) is 0 Å². The fourth-order valence-corrected chi connectivity index (χ4v) is 3.37. The van der Waals surface area contributed by atoms with Gasteiger partial charge in [-0.25, -0.2) is 0 Å². The highest BCUT2D eigenvalue weighted by Crippen LogP contribution is 2.34. The van der Waals surface area contributed by atoms with Gasteiger partial charge in [0.2, 0.25) is 0 Å². The number of aromatic amines is 1. The standard InChI is InChI=1S/C16H20ClN/c1-2-3-4-11-5-7-15-13(9-11)14-10-12(17)6-8-16(14)18-15/h6,8,10-11,18H,2-5,7,9H2,1H3. The van der Waals surface area contributed by atoms with E-state index in [0.29, 0.717) is 0 Å². The van der Waals surface area contributed by atoms with E-state index in [4.69, 9.17) is 11.6 Å². The predicted molar refractivity (Wildman–Crippen MR) is 78.3 cm³/mol. The van der Waals surface area contributed by atoms with Crippen LogP contribution in [0.15, 0.2) is 18.2 Å². The van der Waals surface area contributed by atoms with Crippen molar-refractivity contribution in [1.82, 2.24) is 4.98 Å². The van der Waals surface area contributed by atoms with Crippen LogP contribution in [0, 0.1) is 5.92 Å². The van der Waals surface area contributed by atoms with E-state index in [1.807, 2.05) is 6.07 Å². The summed E-state index contributed by atoms with van der Waals surface area (Å²) in [6.45, 7) is 2.28. The Labute approximate surface area is 114 Å². The first kappa shape index (κ1) is 12.1. The first-order valence-electron chi connectivity index (χ1n) is 7.07. The predicted octanol–water partition coefficient (Wildman–Crippen LogP) is 5.12. The highest BCUT2D eigenvalue weighted by Gasteiger charge is 2.22. The molecule has 2 aromatic rings. The minimum absolute atomic E-state index is 0.847. The third-order valence-corrected chi connectivity index (χ3v) is 4.45. The van der Waals surface area contributed by atoms with Crippen molar-refractivity contribution >= 4 is 22.5 Å². The molecule has 96 valence electrons. The maximum Gasteiger partial charge on any atom is 0.0460 e. The fraction of sp³-hybridized carbons (Fsp3) is 0.500. The molecule has 18 heavy (non-hydrogen) atoms. The summed E-state index contributed by atoms with van der Waals surface area (Å²) in [5, 5.41) is 2.19. The summed E-state index contributed by atoms with van der Waals surface area (Å²) >= 11 is 6.12. The number of H-pyrrole nitrogens is 1. The summed E-state index contributed by atoms with van der Waals surface area (Å²) in [5.74, 6) is 0.871. The molecule has 1 unspecified atom stereocenters. The number of hydrogen-bond donors (Lipinski definition) is 1. The Bertz CT molecular complexity index is 555. The summed E-state index contributed by atoms with van der Waals surface area (Å²) in [4.78, 5) is 3.56. The average Bonchev–Trinajstić information content (AvgIpc) is 2.74. The molecule has 0 fully saturated rings. The van der Waals surface area contributed by atoms with Crippen molar-refractivity contribution in [3.8, 4) is 0 Å². The van der Waals surface area contributed by atoms with E-state index in [2.05, 4.69) is 24.0 Å². The molecule has 0 bridgehead atoms. The Balaban J connectivity index is 1.93. The highest BCUT2D eigenvalue weighted by atomic mass is 35.5. The number of aromatic nitrogens is 1. The molecule has 1 aliphatic carbocycles. The molecule has 2 heteroatoms. The van der Waals surface area contributed by atoms with Gasteiger partial charge >= 0.3 is 0 Å². The Morgan fingerprint density at radius 3 is 3.11 bits per heavy atom. The van der Waals surface area contributed by atoms with E-state index in [0.717, 1.165) is 10.9 Å². The van der Waals surface area contributed by atoms with E-state index in [1.165, 1.54) is 60.7 Å². The molecule has 1 heterocycles. The maximum absolute atomic E-state index is 6.12. The summed E-state index contributed by atoms with van der Waals surface area (Å²) in [5.41, 5.74) is 4.22. The van der Waals surface area contributed by atoms with E-state index in [9.17, 15) is 0 Å². The summed E-state index contributed by atoms with van der Waals surface area (Å²) in [7, 11) is 0. The molecule has 1 aromatic heterocycles. The molecule has 0 saturated heterocycles. The minimum atomic E-state index is 0.847. The van der Waals surface area contributed by atoms with Crippen molar-refractivity contribution in [3.63, 3.8) is 0 Å². The Hall–Kier alpha value is -0.950. The monoisotopic (exact) mass is 261 g/mol. The first-order valence-corrected chi connectivity index (χ1v) is 7.44. The van der Waals surface area contributed by atoms with Crippen LogP contribution in [0.5, 0.6) is 0 Å². The van der Waals surface area contributed by atoms with Crippen molar-refractivity contribution in [2.75, 3.05) is 0 Å². The van der Waals surface area contributed by atoms with Crippen LogP contribution in [-0.2, 0) is 12.8 Å². The number of unbranched alkanes of at least 4 members (excludes halogenated alkanes) is 1. The molecule has 1 aliphatic rings. The van der Waals surface area contributed by atoms with Gasteiger partial charge < -0.3 is 4.98 Å². The van der Waals surface area contributed by atoms with Gasteiger partial charge in [-0.3, -0.25) is 0 Å². The summed E-state index contributed by atoms with van der Waals surface area (Å²) < 4.78 is 0. The molecule has 0 amide bonds. The number of halogens is 1. The highest BCUT2D eigenvalue weighted by molar-refractivity contribution is 6.31. The first-order chi connectivity index (χ1) is 8.78. The van der Waals surface area contributed by atoms with Gasteiger partial charge in [0, 0.05) is 21.6 Å². The largest absolute Gasteiger partial charge is 0.358 e. The number of nitrogens with one attached hydrogen (secondary N) is 1. The summed E-state index contributed by atoms with van der Waals surface area (Å²) in [6.07, 6.45) is 7.83. The number of fused-ring (bicyclic) bond motifs is 3. The van der Waals surface area contributed by atoms with Gasteiger partial charge in [0.15, 0.2) is 0 Å². The SMILES string of the molecule is CCCCC1CCc2[nH]c3ccc(Cl)cc3c2C1. The zero-order chi connectivity index (χ0) is 12.5. The normalized spacial score (nSPS) is 19.1. The molecule has 1 atom stereocenters. The number of rotatable bonds is 3. The Morgan fingerprint density at radius 1 is 1.39 bits per heavy atom. The third kappa shape index (κ3) is 2.16. The van der Waals surface area contributed by atoms with Crippen LogP contribution < -0.4 is 0 Å². The van der Waals surface area contributed by atoms with Crippen LogP contribution in [0.3, 0.4) is 0 Å². The second-order valence-corrected chi connectivity index (χ2v) is 5.96. The van der Waals surface area contributed by atoms with Gasteiger partial charge in [-0.2, -0.15) is 0 Å². The van der Waals surface area contributed by atoms with Crippen LogP contribution in [0.25, 0.3) is 10.9 Å². The van der Waals surface area contributed by atoms with E-state index in [-0.39, 0.29) is 0 Å². The van der Waals surface area contributed by atoms with Crippen molar-refractivity contribution < 1.29 is 0 Å². The molecule has 0 spiro atoms. The molecular formula is C16H20ClN. The van der Waals surface area contributed by atoms with E-state index >= 15 is 0 Å². The number of hydrogen-bond acceptors (Lipinski definition) is 0. The van der Waals surface area contributed by atoms with E-state index in [1.54, 1.807) is 0 Å². The molecular weight excluding hydrogens is 242 g/mol. The second kappa shape index (κ2) is 4.97. The average molecular weight is 262 g/mol. The molecule has 0 radical (unpaired) electrons. The Kier molecular flexibility index (Phi) is 3.34. The van der Waals surface area contributed by atoms with Gasteiger partial charge in [-0.1, -0.05) is 37.8 Å². The lowest BCUT2D eigenvalue weighted by Gasteiger charge is -2.22. The third-order valence-electron chi connectivity index (χ3n) is 4.22. The lowest BCUT2D eigenvalue weighted by atomic mass is 9.83. The second-order valence-electron chi connectivity index (χ2n) is 5.52. The van der Waals surface area contributed by atoms with Gasteiger partial charge in [0.05, 0.1) is 0 Å². The maximum atomic E-state index is 6.12. The Morgan fingerprint density at radius 2 is 2.28 bits per heavy atom. The zero-order valence-corrected chi connectivity index (χ0v) is 11.7. The minimum Gasteiger partial charge on any atom is -0.358 e. The van der Waals surface area contributed by atoms with Crippen LogP contribution >= 0.6 is 11.6 Å². The topological polar surface area (TPSA) is 15.8 Å². The molecule has 1 aromatic carbocycles. The molecule has 0 aliphatic heterocycles.